The highest BCUT2D eigenvalue weighted by molar-refractivity contribution is 5.76. The quantitative estimate of drug-likeness (QED) is 0.392. The number of ether oxygens (including phenoxy) is 5. The third kappa shape index (κ3) is 3.88. The van der Waals surface area contributed by atoms with E-state index in [-0.39, 0.29) is 18.7 Å². The van der Waals surface area contributed by atoms with Gasteiger partial charge in [0, 0.05) is 12.7 Å². The summed E-state index contributed by atoms with van der Waals surface area (Å²) >= 11 is 0. The Morgan fingerprint density at radius 1 is 1.25 bits per heavy atom. The molecule has 3 atom stereocenters. The van der Waals surface area contributed by atoms with Gasteiger partial charge in [-0.15, -0.1) is 6.58 Å². The predicted molar refractivity (Wildman–Crippen MR) is 88.0 cm³/mol. The third-order valence-electron chi connectivity index (χ3n) is 4.04. The standard InChI is InChI=1S/C18H24O6/c1-5-6-7-13-16(23-11-20-2)17(24-18(13)19)14-10-12(21-3)8-9-15(14)22-4/h5,8-10,13,16-17H,1,6-7,11H2,2-4H3/t13-,16-,17-/m1/s1. The van der Waals surface area contributed by atoms with E-state index >= 15 is 0 Å². The van der Waals surface area contributed by atoms with Crippen LogP contribution in [0.2, 0.25) is 0 Å². The molecule has 0 bridgehead atoms. The van der Waals surface area contributed by atoms with Gasteiger partial charge >= 0.3 is 5.97 Å². The summed E-state index contributed by atoms with van der Waals surface area (Å²) in [5.74, 6) is 0.609. The number of allylic oxidation sites excluding steroid dienone is 1. The fourth-order valence-electron chi connectivity index (χ4n) is 2.86. The summed E-state index contributed by atoms with van der Waals surface area (Å²) < 4.78 is 27.1. The molecule has 1 aromatic carbocycles. The van der Waals surface area contributed by atoms with Crippen LogP contribution in [0.15, 0.2) is 30.9 Å². The Bertz CT molecular complexity index is 571. The number of rotatable bonds is 9. The first-order chi connectivity index (χ1) is 11.7. The van der Waals surface area contributed by atoms with Crippen LogP contribution in [0.3, 0.4) is 0 Å². The molecule has 0 amide bonds. The molecule has 0 radical (unpaired) electrons. The molecule has 1 aromatic rings. The molecule has 0 N–H and O–H groups in total. The van der Waals surface area contributed by atoms with E-state index in [1.165, 1.54) is 7.11 Å². The summed E-state index contributed by atoms with van der Waals surface area (Å²) in [6.07, 6.45) is 2.06. The number of carbonyl (C=O) groups is 1. The van der Waals surface area contributed by atoms with Crippen LogP contribution in [0.1, 0.15) is 24.5 Å². The Kier molecular flexibility index (Phi) is 6.63. The largest absolute Gasteiger partial charge is 0.497 e. The Balaban J connectivity index is 2.35. The van der Waals surface area contributed by atoms with Crippen LogP contribution in [-0.4, -0.2) is 40.2 Å². The summed E-state index contributed by atoms with van der Waals surface area (Å²) in [4.78, 5) is 12.3. The van der Waals surface area contributed by atoms with Gasteiger partial charge in [0.25, 0.3) is 0 Å². The van der Waals surface area contributed by atoms with Gasteiger partial charge in [-0.25, -0.2) is 0 Å². The van der Waals surface area contributed by atoms with Crippen LogP contribution in [0.25, 0.3) is 0 Å². The van der Waals surface area contributed by atoms with Crippen LogP contribution in [0, 0.1) is 5.92 Å². The molecule has 0 unspecified atom stereocenters. The topological polar surface area (TPSA) is 63.2 Å². The van der Waals surface area contributed by atoms with Gasteiger partial charge in [0.2, 0.25) is 0 Å². The Hall–Kier alpha value is -2.05. The lowest BCUT2D eigenvalue weighted by Gasteiger charge is -2.23. The van der Waals surface area contributed by atoms with Crippen molar-refractivity contribution < 1.29 is 28.5 Å². The van der Waals surface area contributed by atoms with Gasteiger partial charge in [0.15, 0.2) is 6.10 Å². The van der Waals surface area contributed by atoms with Gasteiger partial charge in [0.05, 0.1) is 20.1 Å². The highest BCUT2D eigenvalue weighted by atomic mass is 16.7. The van der Waals surface area contributed by atoms with Crippen LogP contribution >= 0.6 is 0 Å². The number of benzene rings is 1. The summed E-state index contributed by atoms with van der Waals surface area (Å²) in [5, 5.41) is 0. The van der Waals surface area contributed by atoms with E-state index in [0.29, 0.717) is 29.9 Å². The summed E-state index contributed by atoms with van der Waals surface area (Å²) in [6.45, 7) is 3.79. The van der Waals surface area contributed by atoms with Gasteiger partial charge in [-0.1, -0.05) is 6.08 Å². The molecule has 6 nitrogen and oxygen atoms in total. The van der Waals surface area contributed by atoms with Crippen LogP contribution < -0.4 is 9.47 Å². The van der Waals surface area contributed by atoms with Crippen LogP contribution in [0.4, 0.5) is 0 Å². The number of carbonyl (C=O) groups excluding carboxylic acids is 1. The Morgan fingerprint density at radius 3 is 2.67 bits per heavy atom. The number of esters is 1. The van der Waals surface area contributed by atoms with Crippen molar-refractivity contribution in [3.63, 3.8) is 0 Å². The highest BCUT2D eigenvalue weighted by Crippen LogP contribution is 2.42. The lowest BCUT2D eigenvalue weighted by Crippen LogP contribution is -2.27. The van der Waals surface area contributed by atoms with Gasteiger partial charge < -0.3 is 23.7 Å². The molecule has 24 heavy (non-hydrogen) atoms. The van der Waals surface area contributed by atoms with Crippen LogP contribution in [-0.2, 0) is 19.0 Å². The third-order valence-corrected chi connectivity index (χ3v) is 4.04. The summed E-state index contributed by atoms with van der Waals surface area (Å²) in [7, 11) is 4.69. The molecule has 0 spiro atoms. The van der Waals surface area contributed by atoms with Gasteiger partial charge in [-0.05, 0) is 31.0 Å². The maximum atomic E-state index is 12.3. The zero-order chi connectivity index (χ0) is 17.5. The molecule has 1 aliphatic heterocycles. The van der Waals surface area contributed by atoms with Crippen molar-refractivity contribution in [1.29, 1.82) is 0 Å². The van der Waals surface area contributed by atoms with Crippen molar-refractivity contribution >= 4 is 5.97 Å². The maximum absolute atomic E-state index is 12.3. The minimum Gasteiger partial charge on any atom is -0.497 e. The Morgan fingerprint density at radius 2 is 2.04 bits per heavy atom. The van der Waals surface area contributed by atoms with Crippen molar-refractivity contribution in [3.8, 4) is 11.5 Å². The second kappa shape index (κ2) is 8.70. The smallest absolute Gasteiger partial charge is 0.312 e. The molecule has 1 saturated heterocycles. The molecule has 6 heteroatoms. The van der Waals surface area contributed by atoms with E-state index in [2.05, 4.69) is 6.58 Å². The molecule has 132 valence electrons. The number of cyclic esters (lactones) is 1. The molecule has 1 fully saturated rings. The molecule has 1 aliphatic rings. The van der Waals surface area contributed by atoms with E-state index in [1.54, 1.807) is 38.5 Å². The second-order valence-electron chi connectivity index (χ2n) is 5.48. The first-order valence-corrected chi connectivity index (χ1v) is 7.80. The molecule has 0 saturated carbocycles. The summed E-state index contributed by atoms with van der Waals surface area (Å²) in [6, 6.07) is 5.38. The molecular formula is C18H24O6. The van der Waals surface area contributed by atoms with Crippen molar-refractivity contribution in [2.75, 3.05) is 28.1 Å². The number of methoxy groups -OCH3 is 3. The monoisotopic (exact) mass is 336 g/mol. The number of hydrogen-bond acceptors (Lipinski definition) is 6. The van der Waals surface area contributed by atoms with E-state index in [0.717, 1.165) is 0 Å². The molecule has 0 aromatic heterocycles. The van der Waals surface area contributed by atoms with E-state index in [1.807, 2.05) is 0 Å². The van der Waals surface area contributed by atoms with Crippen molar-refractivity contribution in [1.82, 2.24) is 0 Å². The lowest BCUT2D eigenvalue weighted by atomic mass is 9.92. The second-order valence-corrected chi connectivity index (χ2v) is 5.48. The van der Waals surface area contributed by atoms with Crippen LogP contribution in [0.5, 0.6) is 11.5 Å². The average molecular weight is 336 g/mol. The van der Waals surface area contributed by atoms with Crippen molar-refractivity contribution in [2.24, 2.45) is 5.92 Å². The lowest BCUT2D eigenvalue weighted by molar-refractivity contribution is -0.144. The zero-order valence-electron chi connectivity index (χ0n) is 14.3. The zero-order valence-corrected chi connectivity index (χ0v) is 14.3. The van der Waals surface area contributed by atoms with E-state index in [4.69, 9.17) is 23.7 Å². The SMILES string of the molecule is C=CCC[C@H]1C(=O)O[C@H](c2cc(OC)ccc2OC)[C@@H]1OCOC. The van der Waals surface area contributed by atoms with E-state index in [9.17, 15) is 4.79 Å². The molecule has 2 rings (SSSR count). The normalized spacial score (nSPS) is 23.0. The highest BCUT2D eigenvalue weighted by Gasteiger charge is 2.46. The van der Waals surface area contributed by atoms with Crippen molar-refractivity contribution in [2.45, 2.75) is 25.0 Å². The number of hydrogen-bond donors (Lipinski definition) is 0. The maximum Gasteiger partial charge on any atom is 0.312 e. The van der Waals surface area contributed by atoms with E-state index < -0.39 is 12.2 Å². The Labute approximate surface area is 142 Å². The molecule has 0 aliphatic carbocycles. The van der Waals surface area contributed by atoms with Crippen molar-refractivity contribution in [3.05, 3.63) is 36.4 Å². The minimum absolute atomic E-state index is 0.0781. The minimum atomic E-state index is -0.576. The fraction of sp³-hybridized carbons (Fsp3) is 0.500. The van der Waals surface area contributed by atoms with Gasteiger partial charge in [-0.3, -0.25) is 4.79 Å². The summed E-state index contributed by atoms with van der Waals surface area (Å²) in [5.41, 5.74) is 0.715. The van der Waals surface area contributed by atoms with Gasteiger partial charge in [0.1, 0.15) is 24.4 Å². The fourth-order valence-corrected chi connectivity index (χ4v) is 2.86. The molecule has 1 heterocycles. The predicted octanol–water partition coefficient (Wildman–Crippen LogP) is 2.87. The first kappa shape index (κ1) is 18.3. The first-order valence-electron chi connectivity index (χ1n) is 7.80. The molecular weight excluding hydrogens is 312 g/mol. The average Bonchev–Trinajstić information content (AvgIpc) is 2.92. The van der Waals surface area contributed by atoms with Gasteiger partial charge in [-0.2, -0.15) is 0 Å².